The molecule has 11 nitrogen and oxygen atoms in total. The topological polar surface area (TPSA) is 168 Å². The zero-order chi connectivity index (χ0) is 27.2. The van der Waals surface area contributed by atoms with Crippen molar-refractivity contribution in [3.05, 3.63) is 52.5 Å². The Bertz CT molecular complexity index is 1400. The highest BCUT2D eigenvalue weighted by molar-refractivity contribution is 7.89. The summed E-state index contributed by atoms with van der Waals surface area (Å²) in [4.78, 5) is 31.4. The Morgan fingerprint density at radius 3 is 2.57 bits per heavy atom. The molecule has 37 heavy (non-hydrogen) atoms. The van der Waals surface area contributed by atoms with E-state index in [9.17, 15) is 18.0 Å². The van der Waals surface area contributed by atoms with E-state index in [1.807, 2.05) is 31.1 Å². The molecular weight excluding hydrogens is 516 g/mol. The van der Waals surface area contributed by atoms with E-state index in [0.29, 0.717) is 11.8 Å². The highest BCUT2D eigenvalue weighted by Gasteiger charge is 2.30. The number of ether oxygens (including phenoxy) is 1. The first-order valence-electron chi connectivity index (χ1n) is 11.5. The molecule has 1 unspecified atom stereocenters. The van der Waals surface area contributed by atoms with E-state index in [1.54, 1.807) is 25.1 Å². The molecule has 2 aromatic carbocycles. The number of benzene rings is 2. The summed E-state index contributed by atoms with van der Waals surface area (Å²) in [6, 6.07) is 9.22. The predicted molar refractivity (Wildman–Crippen MR) is 144 cm³/mol. The minimum atomic E-state index is -4.14. The number of nitrogens with zero attached hydrogens (tertiary/aromatic N) is 2. The van der Waals surface area contributed by atoms with E-state index in [-0.39, 0.29) is 41.1 Å². The van der Waals surface area contributed by atoms with Gasteiger partial charge in [-0.1, -0.05) is 24.3 Å². The van der Waals surface area contributed by atoms with Crippen LogP contribution in [0, 0.1) is 5.41 Å². The third-order valence-corrected chi connectivity index (χ3v) is 7.82. The summed E-state index contributed by atoms with van der Waals surface area (Å²) in [5, 5.41) is 12.6. The van der Waals surface area contributed by atoms with Gasteiger partial charge < -0.3 is 20.7 Å². The molecule has 0 aliphatic carbocycles. The minimum absolute atomic E-state index is 0.0110. The Morgan fingerprint density at radius 2 is 1.89 bits per heavy atom. The van der Waals surface area contributed by atoms with Crippen molar-refractivity contribution in [2.24, 2.45) is 5.73 Å². The third kappa shape index (κ3) is 6.81. The lowest BCUT2D eigenvalue weighted by Gasteiger charge is -2.19. The van der Waals surface area contributed by atoms with Crippen LogP contribution in [0.4, 0.5) is 5.69 Å². The molecule has 0 aliphatic rings. The number of aromatic nitrogens is 1. The van der Waals surface area contributed by atoms with Crippen LogP contribution < -0.4 is 20.7 Å². The van der Waals surface area contributed by atoms with Crippen LogP contribution >= 0.6 is 11.3 Å². The summed E-state index contributed by atoms with van der Waals surface area (Å²) in [6.07, 6.45) is 0.454. The van der Waals surface area contributed by atoms with Gasteiger partial charge in [0.25, 0.3) is 0 Å². The maximum atomic E-state index is 13.6. The number of thiazole rings is 1. The first-order valence-corrected chi connectivity index (χ1v) is 13.9. The number of hydrogen-bond donors (Lipinski definition) is 4. The molecule has 0 bridgehead atoms. The summed E-state index contributed by atoms with van der Waals surface area (Å²) in [6.45, 7) is 2.09. The van der Waals surface area contributed by atoms with Crippen molar-refractivity contribution >= 4 is 55.5 Å². The van der Waals surface area contributed by atoms with Crippen LogP contribution in [0.1, 0.15) is 40.1 Å². The highest BCUT2D eigenvalue weighted by atomic mass is 32.2. The summed E-state index contributed by atoms with van der Waals surface area (Å²) in [5.74, 6) is -1.45. The van der Waals surface area contributed by atoms with Gasteiger partial charge in [0, 0.05) is 42.5 Å². The number of nitrogens with two attached hydrogens (primary N) is 1. The van der Waals surface area contributed by atoms with Gasteiger partial charge in [0.2, 0.25) is 15.8 Å². The smallest absolute Gasteiger partial charge is 0.357 e. The fourth-order valence-corrected chi connectivity index (χ4v) is 5.98. The monoisotopic (exact) mass is 546 g/mol. The summed E-state index contributed by atoms with van der Waals surface area (Å²) >= 11 is 0.942. The van der Waals surface area contributed by atoms with Crippen LogP contribution in [0.3, 0.4) is 0 Å². The van der Waals surface area contributed by atoms with Crippen LogP contribution in [-0.4, -0.2) is 64.4 Å². The first-order chi connectivity index (χ1) is 17.5. The Hall–Kier alpha value is -3.55. The number of esters is 1. The zero-order valence-electron chi connectivity index (χ0n) is 20.8. The van der Waals surface area contributed by atoms with Gasteiger partial charge in [-0.25, -0.2) is 22.9 Å². The molecule has 0 amide bonds. The summed E-state index contributed by atoms with van der Waals surface area (Å²) in [5.41, 5.74) is 6.16. The summed E-state index contributed by atoms with van der Waals surface area (Å²) < 4.78 is 34.6. The lowest BCUT2D eigenvalue weighted by atomic mass is 10.1. The number of rotatable bonds is 12. The molecule has 0 spiro atoms. The van der Waals surface area contributed by atoms with Crippen LogP contribution in [0.2, 0.25) is 0 Å². The Balaban J connectivity index is 1.94. The van der Waals surface area contributed by atoms with E-state index < -0.39 is 27.8 Å². The number of carbonyl (C=O) groups excluding carboxylic acids is 2. The van der Waals surface area contributed by atoms with Crippen LogP contribution in [0.15, 0.2) is 46.7 Å². The number of guanidine groups is 1. The normalized spacial score (nSPS) is 12.2. The zero-order valence-corrected chi connectivity index (χ0v) is 22.4. The lowest BCUT2D eigenvalue weighted by Crippen LogP contribution is -2.41. The average molecular weight is 547 g/mol. The van der Waals surface area contributed by atoms with E-state index in [1.165, 1.54) is 11.4 Å². The van der Waals surface area contributed by atoms with E-state index in [4.69, 9.17) is 15.9 Å². The highest BCUT2D eigenvalue weighted by Crippen LogP contribution is 2.30. The van der Waals surface area contributed by atoms with Gasteiger partial charge in [0.05, 0.1) is 17.5 Å². The van der Waals surface area contributed by atoms with Crippen molar-refractivity contribution in [3.63, 3.8) is 0 Å². The van der Waals surface area contributed by atoms with Crippen molar-refractivity contribution in [3.8, 4) is 0 Å². The molecule has 0 saturated heterocycles. The molecule has 1 atom stereocenters. The number of carbonyl (C=O) groups is 2. The van der Waals surface area contributed by atoms with Gasteiger partial charge in [-0.3, -0.25) is 10.2 Å². The Kier molecular flexibility index (Phi) is 9.18. The van der Waals surface area contributed by atoms with E-state index >= 15 is 0 Å². The van der Waals surface area contributed by atoms with Crippen molar-refractivity contribution in [2.45, 2.75) is 30.7 Å². The second-order valence-electron chi connectivity index (χ2n) is 8.30. The predicted octanol–water partition coefficient (Wildman–Crippen LogP) is 2.33. The van der Waals surface area contributed by atoms with Crippen LogP contribution in [-0.2, 0) is 14.8 Å². The molecule has 0 fully saturated rings. The second-order valence-corrected chi connectivity index (χ2v) is 10.8. The van der Waals surface area contributed by atoms with Gasteiger partial charge >= 0.3 is 5.97 Å². The van der Waals surface area contributed by atoms with Gasteiger partial charge in [-0.2, -0.15) is 0 Å². The van der Waals surface area contributed by atoms with Crippen molar-refractivity contribution < 1.29 is 22.7 Å². The molecule has 3 rings (SSSR count). The number of ketones is 1. The number of nitrogens with one attached hydrogen (secondary N) is 3. The molecule has 0 aliphatic heterocycles. The van der Waals surface area contributed by atoms with Crippen molar-refractivity contribution in [2.75, 3.05) is 32.1 Å². The first kappa shape index (κ1) is 28.0. The molecule has 0 radical (unpaired) electrons. The molecule has 198 valence electrons. The van der Waals surface area contributed by atoms with E-state index in [2.05, 4.69) is 15.0 Å². The largest absolute Gasteiger partial charge is 0.461 e. The Morgan fingerprint density at radius 1 is 1.19 bits per heavy atom. The Labute approximate surface area is 219 Å². The molecular formula is C24H30N6O5S2. The maximum Gasteiger partial charge on any atom is 0.357 e. The number of fused-ring (bicyclic) bond motifs is 1. The van der Waals surface area contributed by atoms with Gasteiger partial charge in [-0.05, 0) is 31.9 Å². The molecule has 5 N–H and O–H groups in total. The second kappa shape index (κ2) is 12.1. The number of sulfonamides is 1. The number of Topliss-reactive ketones (excluding diaryl/α,β-unsaturated/α-hetero) is 1. The quantitative estimate of drug-likeness (QED) is 0.0876. The fourth-order valence-electron chi connectivity index (χ4n) is 3.75. The molecule has 1 aromatic heterocycles. The standard InChI is InChI=1S/C24H30N6O5S2/c1-4-35-23(32)18-14-36-22(28-18)21(31)17(10-7-13-27-24(25)26)29-37(33,34)20-12-6-8-15-16(20)9-5-11-19(15)30(2)3/h5-6,8-9,11-12,14,17,29H,4,7,10,13H2,1-3H3,(H4,25,26,27). The molecule has 1 heterocycles. The van der Waals surface area contributed by atoms with Crippen molar-refractivity contribution in [1.82, 2.24) is 15.0 Å². The van der Waals surface area contributed by atoms with E-state index in [0.717, 1.165) is 22.4 Å². The van der Waals surface area contributed by atoms with Crippen LogP contribution in [0.5, 0.6) is 0 Å². The summed E-state index contributed by atoms with van der Waals surface area (Å²) in [7, 11) is -0.401. The number of hydrogen-bond acceptors (Lipinski definition) is 9. The SMILES string of the molecule is CCOC(=O)c1csc(C(=O)C(CCCNC(=N)N)NS(=O)(=O)c2cccc3c(N(C)C)cccc23)n1. The number of anilines is 1. The lowest BCUT2D eigenvalue weighted by molar-refractivity contribution is 0.0520. The third-order valence-electron chi connectivity index (χ3n) is 5.43. The van der Waals surface area contributed by atoms with Crippen LogP contribution in [0.25, 0.3) is 10.8 Å². The van der Waals surface area contributed by atoms with Gasteiger partial charge in [0.1, 0.15) is 0 Å². The molecule has 13 heteroatoms. The fraction of sp³-hybridized carbons (Fsp3) is 0.333. The molecule has 3 aromatic rings. The molecule has 0 saturated carbocycles. The van der Waals surface area contributed by atoms with Gasteiger partial charge in [0.15, 0.2) is 16.7 Å². The average Bonchev–Trinajstić information content (AvgIpc) is 3.35. The minimum Gasteiger partial charge on any atom is -0.461 e. The maximum absolute atomic E-state index is 13.6. The van der Waals surface area contributed by atoms with Crippen molar-refractivity contribution in [1.29, 1.82) is 5.41 Å². The van der Waals surface area contributed by atoms with Gasteiger partial charge in [-0.15, -0.1) is 11.3 Å².